The topological polar surface area (TPSA) is 43.6 Å². The van der Waals surface area contributed by atoms with Gasteiger partial charge in [0.05, 0.1) is 17.3 Å². The van der Waals surface area contributed by atoms with Gasteiger partial charge in [-0.3, -0.25) is 4.79 Å². The molecule has 0 atom stereocenters. The lowest BCUT2D eigenvalue weighted by molar-refractivity contribution is 0.0997. The molecule has 4 nitrogen and oxygen atoms in total. The number of aryl methyl sites for hydroxylation is 1. The van der Waals surface area contributed by atoms with Crippen molar-refractivity contribution in [2.45, 2.75) is 13.5 Å². The van der Waals surface area contributed by atoms with Crippen LogP contribution in [-0.2, 0) is 6.54 Å². The summed E-state index contributed by atoms with van der Waals surface area (Å²) in [4.78, 5) is 17.4. The van der Waals surface area contributed by atoms with E-state index in [1.165, 1.54) is 11.3 Å². The first-order valence-electron chi connectivity index (χ1n) is 7.04. The molecule has 0 aliphatic rings. The number of thiazole rings is 1. The zero-order valence-electron chi connectivity index (χ0n) is 12.4. The Labute approximate surface area is 132 Å². The van der Waals surface area contributed by atoms with Crippen LogP contribution < -0.4 is 9.54 Å². The average molecular weight is 312 g/mol. The van der Waals surface area contributed by atoms with Gasteiger partial charge < -0.3 is 9.30 Å². The first kappa shape index (κ1) is 14.5. The maximum atomic E-state index is 12.4. The molecular formula is C17H16N2O2S. The minimum Gasteiger partial charge on any atom is -0.497 e. The van der Waals surface area contributed by atoms with Crippen LogP contribution in [0.2, 0.25) is 0 Å². The summed E-state index contributed by atoms with van der Waals surface area (Å²) in [7, 11) is 1.58. The highest BCUT2D eigenvalue weighted by Crippen LogP contribution is 2.17. The van der Waals surface area contributed by atoms with Crippen molar-refractivity contribution in [1.29, 1.82) is 0 Å². The standard InChI is InChI=1S/C17H16N2O2S/c1-3-19-14-9-4-5-10-15(14)22-17(19)18-16(20)12-7-6-8-13(11-12)21-2/h4-11H,3H2,1-2H3. The second-order valence-electron chi connectivity index (χ2n) is 4.75. The summed E-state index contributed by atoms with van der Waals surface area (Å²) in [6.45, 7) is 2.82. The number of rotatable bonds is 3. The van der Waals surface area contributed by atoms with Gasteiger partial charge in [0.15, 0.2) is 4.80 Å². The van der Waals surface area contributed by atoms with Gasteiger partial charge in [-0.2, -0.15) is 4.99 Å². The molecule has 0 aliphatic heterocycles. The summed E-state index contributed by atoms with van der Waals surface area (Å²) in [5.41, 5.74) is 1.63. The lowest BCUT2D eigenvalue weighted by Gasteiger charge is -2.01. The van der Waals surface area contributed by atoms with E-state index < -0.39 is 0 Å². The van der Waals surface area contributed by atoms with Gasteiger partial charge in [0, 0.05) is 12.1 Å². The van der Waals surface area contributed by atoms with Crippen LogP contribution >= 0.6 is 11.3 Å². The van der Waals surface area contributed by atoms with Crippen LogP contribution in [0.5, 0.6) is 5.75 Å². The molecule has 0 fully saturated rings. The molecule has 1 heterocycles. The Kier molecular flexibility index (Phi) is 4.06. The maximum absolute atomic E-state index is 12.4. The molecule has 0 spiro atoms. The Morgan fingerprint density at radius 1 is 1.23 bits per heavy atom. The van der Waals surface area contributed by atoms with Crippen LogP contribution in [0.4, 0.5) is 0 Å². The van der Waals surface area contributed by atoms with Gasteiger partial charge in [-0.1, -0.05) is 29.5 Å². The number of para-hydroxylation sites is 1. The van der Waals surface area contributed by atoms with E-state index in [1.54, 1.807) is 25.3 Å². The number of benzene rings is 2. The molecular weight excluding hydrogens is 296 g/mol. The van der Waals surface area contributed by atoms with Gasteiger partial charge in [0.25, 0.3) is 5.91 Å². The number of methoxy groups -OCH3 is 1. The number of carbonyl (C=O) groups excluding carboxylic acids is 1. The number of nitrogens with zero attached hydrogens (tertiary/aromatic N) is 2. The van der Waals surface area contributed by atoms with Crippen molar-refractivity contribution < 1.29 is 9.53 Å². The number of fused-ring (bicyclic) bond motifs is 1. The van der Waals surface area contributed by atoms with Gasteiger partial charge in [-0.25, -0.2) is 0 Å². The average Bonchev–Trinajstić information content (AvgIpc) is 2.91. The molecule has 0 aliphatic carbocycles. The van der Waals surface area contributed by atoms with E-state index in [-0.39, 0.29) is 5.91 Å². The van der Waals surface area contributed by atoms with E-state index in [4.69, 9.17) is 4.74 Å². The first-order valence-corrected chi connectivity index (χ1v) is 7.86. The van der Waals surface area contributed by atoms with Crippen molar-refractivity contribution in [1.82, 2.24) is 4.57 Å². The molecule has 3 aromatic rings. The fourth-order valence-corrected chi connectivity index (χ4v) is 3.41. The number of hydrogen-bond acceptors (Lipinski definition) is 3. The van der Waals surface area contributed by atoms with Crippen molar-refractivity contribution >= 4 is 27.5 Å². The molecule has 2 aromatic carbocycles. The normalized spacial score (nSPS) is 11.8. The summed E-state index contributed by atoms with van der Waals surface area (Å²) in [6, 6.07) is 15.1. The van der Waals surface area contributed by atoms with E-state index in [0.717, 1.165) is 21.6 Å². The highest BCUT2D eigenvalue weighted by Gasteiger charge is 2.08. The van der Waals surface area contributed by atoms with Gasteiger partial charge in [0.1, 0.15) is 5.75 Å². The molecule has 0 bridgehead atoms. The second kappa shape index (κ2) is 6.15. The Bertz CT molecular complexity index is 893. The minimum absolute atomic E-state index is 0.257. The Balaban J connectivity index is 2.09. The number of amides is 1. The summed E-state index contributed by atoms with van der Waals surface area (Å²) in [5, 5.41) is 0. The van der Waals surface area contributed by atoms with Crippen molar-refractivity contribution in [2.24, 2.45) is 4.99 Å². The lowest BCUT2D eigenvalue weighted by atomic mass is 10.2. The van der Waals surface area contributed by atoms with E-state index in [1.807, 2.05) is 37.3 Å². The summed E-state index contributed by atoms with van der Waals surface area (Å²) < 4.78 is 8.33. The predicted molar refractivity (Wildman–Crippen MR) is 88.4 cm³/mol. The summed E-state index contributed by atoms with van der Waals surface area (Å²) in [6.07, 6.45) is 0. The molecule has 112 valence electrons. The van der Waals surface area contributed by atoms with Crippen LogP contribution in [0.1, 0.15) is 17.3 Å². The molecule has 0 N–H and O–H groups in total. The summed E-state index contributed by atoms with van der Waals surface area (Å²) in [5.74, 6) is 0.397. The monoisotopic (exact) mass is 312 g/mol. The van der Waals surface area contributed by atoms with Gasteiger partial charge in [-0.05, 0) is 37.3 Å². The van der Waals surface area contributed by atoms with Gasteiger partial charge in [0.2, 0.25) is 0 Å². The third-order valence-electron chi connectivity index (χ3n) is 3.42. The lowest BCUT2D eigenvalue weighted by Crippen LogP contribution is -2.15. The van der Waals surface area contributed by atoms with Gasteiger partial charge >= 0.3 is 0 Å². The van der Waals surface area contributed by atoms with Crippen LogP contribution in [0, 0.1) is 0 Å². The molecule has 1 amide bonds. The molecule has 3 rings (SSSR count). The van der Waals surface area contributed by atoms with Crippen molar-refractivity contribution in [3.05, 3.63) is 58.9 Å². The smallest absolute Gasteiger partial charge is 0.279 e. The molecule has 22 heavy (non-hydrogen) atoms. The number of aromatic nitrogens is 1. The number of ether oxygens (including phenoxy) is 1. The zero-order valence-corrected chi connectivity index (χ0v) is 13.3. The molecule has 0 unspecified atom stereocenters. The van der Waals surface area contributed by atoms with Crippen LogP contribution in [0.25, 0.3) is 10.2 Å². The first-order chi connectivity index (χ1) is 10.7. The van der Waals surface area contributed by atoms with Crippen LogP contribution in [0.15, 0.2) is 53.5 Å². The van der Waals surface area contributed by atoms with E-state index in [2.05, 4.69) is 9.56 Å². The molecule has 0 saturated heterocycles. The van der Waals surface area contributed by atoms with E-state index in [0.29, 0.717) is 11.3 Å². The fourth-order valence-electron chi connectivity index (χ4n) is 2.32. The third kappa shape index (κ3) is 2.67. The zero-order chi connectivity index (χ0) is 15.5. The predicted octanol–water partition coefficient (Wildman–Crippen LogP) is 3.47. The number of carbonyl (C=O) groups is 1. The Hall–Kier alpha value is -2.40. The van der Waals surface area contributed by atoms with Crippen molar-refractivity contribution in [3.8, 4) is 5.75 Å². The highest BCUT2D eigenvalue weighted by atomic mass is 32.1. The molecule has 0 saturated carbocycles. The SMILES string of the molecule is CCn1c(=NC(=O)c2cccc(OC)c2)sc2ccccc21. The maximum Gasteiger partial charge on any atom is 0.279 e. The second-order valence-corrected chi connectivity index (χ2v) is 5.75. The molecule has 5 heteroatoms. The van der Waals surface area contributed by atoms with Crippen molar-refractivity contribution in [2.75, 3.05) is 7.11 Å². The quantitative estimate of drug-likeness (QED) is 0.743. The molecule has 1 aromatic heterocycles. The van der Waals surface area contributed by atoms with Crippen LogP contribution in [-0.4, -0.2) is 17.6 Å². The van der Waals surface area contributed by atoms with E-state index >= 15 is 0 Å². The van der Waals surface area contributed by atoms with E-state index in [9.17, 15) is 4.79 Å². The van der Waals surface area contributed by atoms with Crippen molar-refractivity contribution in [3.63, 3.8) is 0 Å². The molecule has 0 radical (unpaired) electrons. The number of hydrogen-bond donors (Lipinski definition) is 0. The highest BCUT2D eigenvalue weighted by molar-refractivity contribution is 7.16. The Morgan fingerprint density at radius 3 is 2.82 bits per heavy atom. The minimum atomic E-state index is -0.257. The van der Waals surface area contributed by atoms with Gasteiger partial charge in [-0.15, -0.1) is 0 Å². The van der Waals surface area contributed by atoms with Crippen LogP contribution in [0.3, 0.4) is 0 Å². The fraction of sp³-hybridized carbons (Fsp3) is 0.176. The largest absolute Gasteiger partial charge is 0.497 e. The summed E-state index contributed by atoms with van der Waals surface area (Å²) >= 11 is 1.53. The Morgan fingerprint density at radius 2 is 2.05 bits per heavy atom. The third-order valence-corrected chi connectivity index (χ3v) is 4.48.